The average Bonchev–Trinajstić information content (AvgIpc) is 3.23. The van der Waals surface area contributed by atoms with E-state index in [-0.39, 0.29) is 5.91 Å². The van der Waals surface area contributed by atoms with Crippen molar-refractivity contribution in [2.45, 2.75) is 31.7 Å². The average molecular weight is 335 g/mol. The van der Waals surface area contributed by atoms with Crippen LogP contribution in [0.3, 0.4) is 0 Å². The number of hydrogen-bond donors (Lipinski definition) is 1. The zero-order valence-electron chi connectivity index (χ0n) is 14.8. The van der Waals surface area contributed by atoms with Crippen molar-refractivity contribution in [1.29, 1.82) is 0 Å². The minimum atomic E-state index is 0.185. The number of nitrogens with zero attached hydrogens (tertiary/aromatic N) is 1. The number of nitrogens with one attached hydrogen (secondary N) is 1. The van der Waals surface area contributed by atoms with E-state index in [0.717, 1.165) is 43.3 Å². The lowest BCUT2D eigenvalue weighted by Gasteiger charge is -2.35. The number of hydrogen-bond acceptors (Lipinski definition) is 1. The summed E-state index contributed by atoms with van der Waals surface area (Å²) in [6.45, 7) is 4.01. The highest BCUT2D eigenvalue weighted by Gasteiger charge is 2.31. The molecule has 0 radical (unpaired) electrons. The third-order valence-corrected chi connectivity index (χ3v) is 5.86. The molecule has 1 saturated heterocycles. The summed E-state index contributed by atoms with van der Waals surface area (Å²) >= 11 is 0. The first-order valence-corrected chi connectivity index (χ1v) is 9.60. The number of amides is 1. The van der Waals surface area contributed by atoms with Gasteiger partial charge in [0, 0.05) is 5.56 Å². The summed E-state index contributed by atoms with van der Waals surface area (Å²) in [4.78, 5) is 16.6. The molecule has 1 amide bonds. The molecule has 1 saturated carbocycles. The smallest absolute Gasteiger partial charge is 0.254 e. The van der Waals surface area contributed by atoms with Gasteiger partial charge >= 0.3 is 0 Å². The van der Waals surface area contributed by atoms with Gasteiger partial charge in [0.1, 0.15) is 0 Å². The van der Waals surface area contributed by atoms with Crippen LogP contribution in [-0.4, -0.2) is 43.0 Å². The number of quaternary nitrogens is 1. The molecule has 2 fully saturated rings. The van der Waals surface area contributed by atoms with Crippen molar-refractivity contribution in [3.63, 3.8) is 0 Å². The lowest BCUT2D eigenvalue weighted by molar-refractivity contribution is -0.928. The molecule has 0 spiro atoms. The van der Waals surface area contributed by atoms with Crippen LogP contribution in [0.25, 0.3) is 11.1 Å². The van der Waals surface area contributed by atoms with E-state index in [0.29, 0.717) is 0 Å². The number of piperazine rings is 1. The molecule has 0 bridgehead atoms. The Bertz CT molecular complexity index is 697. The summed E-state index contributed by atoms with van der Waals surface area (Å²) in [7, 11) is 0. The SMILES string of the molecule is O=C(c1ccc(-c2ccccc2)cc1)N1CC[NH+](C2CCCC2)CC1. The zero-order chi connectivity index (χ0) is 17.1. The second-order valence-corrected chi connectivity index (χ2v) is 7.38. The fraction of sp³-hybridized carbons (Fsp3) is 0.409. The van der Waals surface area contributed by atoms with Gasteiger partial charge in [0.15, 0.2) is 0 Å². The van der Waals surface area contributed by atoms with Crippen molar-refractivity contribution < 1.29 is 9.69 Å². The molecule has 0 aromatic heterocycles. The molecule has 0 atom stereocenters. The lowest BCUT2D eigenvalue weighted by atomic mass is 10.0. The summed E-state index contributed by atoms with van der Waals surface area (Å²) in [5.41, 5.74) is 3.16. The normalized spacial score (nSPS) is 19.3. The van der Waals surface area contributed by atoms with Crippen molar-refractivity contribution >= 4 is 5.91 Å². The van der Waals surface area contributed by atoms with Crippen LogP contribution in [0.15, 0.2) is 54.6 Å². The third-order valence-electron chi connectivity index (χ3n) is 5.86. The van der Waals surface area contributed by atoms with Crippen molar-refractivity contribution in [3.8, 4) is 11.1 Å². The van der Waals surface area contributed by atoms with Gasteiger partial charge < -0.3 is 9.80 Å². The highest BCUT2D eigenvalue weighted by Crippen LogP contribution is 2.20. The standard InChI is InChI=1S/C22H26N2O/c25-22(24-16-14-23(15-17-24)21-8-4-5-9-21)20-12-10-19(11-13-20)18-6-2-1-3-7-18/h1-3,6-7,10-13,21H,4-5,8-9,14-17H2/p+1. The molecular weight excluding hydrogens is 308 g/mol. The Kier molecular flexibility index (Phi) is 4.84. The summed E-state index contributed by atoms with van der Waals surface area (Å²) < 4.78 is 0. The van der Waals surface area contributed by atoms with Gasteiger partial charge in [-0.2, -0.15) is 0 Å². The van der Waals surface area contributed by atoms with Crippen LogP contribution in [0, 0.1) is 0 Å². The molecular formula is C22H27N2O+. The predicted octanol–water partition coefficient (Wildman–Crippen LogP) is 2.64. The Hall–Kier alpha value is -2.13. The van der Waals surface area contributed by atoms with E-state index >= 15 is 0 Å². The first-order chi connectivity index (χ1) is 12.3. The maximum Gasteiger partial charge on any atom is 0.254 e. The van der Waals surface area contributed by atoms with Crippen molar-refractivity contribution in [1.82, 2.24) is 4.90 Å². The summed E-state index contributed by atoms with van der Waals surface area (Å²) in [6, 6.07) is 19.2. The molecule has 2 aliphatic rings. The summed E-state index contributed by atoms with van der Waals surface area (Å²) in [6.07, 6.45) is 5.55. The van der Waals surface area contributed by atoms with Gasteiger partial charge in [-0.05, 0) is 48.9 Å². The van der Waals surface area contributed by atoms with E-state index < -0.39 is 0 Å². The Balaban J connectivity index is 1.38. The van der Waals surface area contributed by atoms with Crippen molar-refractivity contribution in [2.75, 3.05) is 26.2 Å². The Labute approximate surface area is 150 Å². The van der Waals surface area contributed by atoms with Crippen LogP contribution in [0.2, 0.25) is 0 Å². The Morgan fingerprint density at radius 3 is 2.08 bits per heavy atom. The quantitative estimate of drug-likeness (QED) is 0.916. The molecule has 1 heterocycles. The molecule has 0 unspecified atom stereocenters. The van der Waals surface area contributed by atoms with Gasteiger partial charge in [0.25, 0.3) is 5.91 Å². The first-order valence-electron chi connectivity index (χ1n) is 9.60. The van der Waals surface area contributed by atoms with E-state index in [1.54, 1.807) is 4.90 Å². The van der Waals surface area contributed by atoms with Crippen LogP contribution in [0.4, 0.5) is 0 Å². The summed E-state index contributed by atoms with van der Waals surface area (Å²) in [5, 5.41) is 0. The maximum atomic E-state index is 12.8. The zero-order valence-corrected chi connectivity index (χ0v) is 14.8. The highest BCUT2D eigenvalue weighted by atomic mass is 16.2. The van der Waals surface area contributed by atoms with E-state index in [1.807, 2.05) is 35.2 Å². The molecule has 4 rings (SSSR count). The van der Waals surface area contributed by atoms with Crippen LogP contribution >= 0.6 is 0 Å². The fourth-order valence-electron chi connectivity index (χ4n) is 4.36. The van der Waals surface area contributed by atoms with Crippen LogP contribution in [0.5, 0.6) is 0 Å². The number of carbonyl (C=O) groups is 1. The molecule has 2 aromatic rings. The van der Waals surface area contributed by atoms with E-state index in [2.05, 4.69) is 24.3 Å². The second kappa shape index (κ2) is 7.40. The minimum Gasteiger partial charge on any atom is -0.330 e. The fourth-order valence-corrected chi connectivity index (χ4v) is 4.36. The van der Waals surface area contributed by atoms with Gasteiger partial charge in [0.2, 0.25) is 0 Å². The first kappa shape index (κ1) is 16.3. The monoisotopic (exact) mass is 335 g/mol. The predicted molar refractivity (Wildman–Crippen MR) is 101 cm³/mol. The van der Waals surface area contributed by atoms with Gasteiger partial charge in [-0.25, -0.2) is 0 Å². The van der Waals surface area contributed by atoms with E-state index in [9.17, 15) is 4.79 Å². The number of benzene rings is 2. The van der Waals surface area contributed by atoms with Crippen LogP contribution < -0.4 is 4.90 Å². The second-order valence-electron chi connectivity index (χ2n) is 7.38. The van der Waals surface area contributed by atoms with Gasteiger partial charge in [0.05, 0.1) is 32.2 Å². The molecule has 2 aromatic carbocycles. The van der Waals surface area contributed by atoms with Crippen LogP contribution in [0.1, 0.15) is 36.0 Å². The van der Waals surface area contributed by atoms with Crippen molar-refractivity contribution in [3.05, 3.63) is 60.2 Å². The molecule has 1 aliphatic heterocycles. The minimum absolute atomic E-state index is 0.185. The van der Waals surface area contributed by atoms with E-state index in [1.165, 1.54) is 31.2 Å². The molecule has 25 heavy (non-hydrogen) atoms. The van der Waals surface area contributed by atoms with E-state index in [4.69, 9.17) is 0 Å². The topological polar surface area (TPSA) is 24.8 Å². The van der Waals surface area contributed by atoms with Crippen molar-refractivity contribution in [2.24, 2.45) is 0 Å². The number of rotatable bonds is 3. The van der Waals surface area contributed by atoms with Gasteiger partial charge in [-0.1, -0.05) is 42.5 Å². The number of carbonyl (C=O) groups excluding carboxylic acids is 1. The largest absolute Gasteiger partial charge is 0.330 e. The lowest BCUT2D eigenvalue weighted by Crippen LogP contribution is -3.18. The van der Waals surface area contributed by atoms with Gasteiger partial charge in [-0.3, -0.25) is 4.79 Å². The molecule has 130 valence electrons. The Morgan fingerprint density at radius 1 is 0.840 bits per heavy atom. The molecule has 3 heteroatoms. The Morgan fingerprint density at radius 2 is 1.44 bits per heavy atom. The van der Waals surface area contributed by atoms with Gasteiger partial charge in [-0.15, -0.1) is 0 Å². The summed E-state index contributed by atoms with van der Waals surface area (Å²) in [5.74, 6) is 0.185. The highest BCUT2D eigenvalue weighted by molar-refractivity contribution is 5.94. The van der Waals surface area contributed by atoms with Crippen LogP contribution in [-0.2, 0) is 0 Å². The maximum absolute atomic E-state index is 12.8. The third kappa shape index (κ3) is 3.62. The molecule has 3 nitrogen and oxygen atoms in total. The molecule has 1 aliphatic carbocycles. The molecule has 1 N–H and O–H groups in total.